The Kier molecular flexibility index (Phi) is 13.3. The second-order valence-corrected chi connectivity index (χ2v) is 12.9. The van der Waals surface area contributed by atoms with Crippen LogP contribution in [-0.2, 0) is 42.7 Å². The minimum Gasteiger partial charge on any atom is -0.489 e. The zero-order valence-corrected chi connectivity index (χ0v) is 27.1. The monoisotopic (exact) mass is 652 g/mol. The van der Waals surface area contributed by atoms with Crippen molar-refractivity contribution in [1.29, 1.82) is 0 Å². The summed E-state index contributed by atoms with van der Waals surface area (Å²) in [5, 5.41) is 0.862. The minimum atomic E-state index is -3.75. The van der Waals surface area contributed by atoms with Gasteiger partial charge in [-0.3, -0.25) is 24.0 Å². The number of aryl methyl sites for hydroxylation is 2. The maximum Gasteiger partial charge on any atom is 0.309 e. The predicted molar refractivity (Wildman–Crippen MR) is 169 cm³/mol. The first kappa shape index (κ1) is 35.7. The second-order valence-electron chi connectivity index (χ2n) is 10.2. The molecule has 0 aliphatic carbocycles. The van der Waals surface area contributed by atoms with Crippen LogP contribution in [0.4, 0.5) is 0 Å². The Balaban J connectivity index is 1.57. The molecule has 0 fully saturated rings. The molecule has 11 nitrogen and oxygen atoms in total. The molecule has 0 aliphatic heterocycles. The first-order valence-corrected chi connectivity index (χ1v) is 16.2. The van der Waals surface area contributed by atoms with Gasteiger partial charge < -0.3 is 28.2 Å². The molecule has 3 rings (SSSR count). The van der Waals surface area contributed by atoms with E-state index in [4.69, 9.17) is 14.2 Å². The number of hydrogen-bond donors (Lipinski definition) is 0. The Morgan fingerprint density at radius 1 is 0.630 bits per heavy atom. The standard InChI is InChI=1S/C34H37O11P/c1-23-21-24(2)33(43-20-19-42-29(36)17-18-31(38)45-22-44-30(37)16-15-28(35)41-4)25(3)32(23)34(39)46(40,26-11-7-5-8-12-26)27-13-9-6-10-14-27/h5-14,21H,15-20,22H2,1-4H3. The van der Waals surface area contributed by atoms with Crippen LogP contribution in [0, 0.1) is 20.8 Å². The number of methoxy groups -OCH3 is 1. The molecule has 0 saturated heterocycles. The third kappa shape index (κ3) is 9.37. The first-order valence-electron chi connectivity index (χ1n) is 14.5. The number of carbonyl (C=O) groups is 5. The third-order valence-corrected chi connectivity index (χ3v) is 9.81. The third-order valence-electron chi connectivity index (χ3n) is 6.97. The Morgan fingerprint density at radius 2 is 1.11 bits per heavy atom. The van der Waals surface area contributed by atoms with Gasteiger partial charge in [-0.2, -0.15) is 0 Å². The summed E-state index contributed by atoms with van der Waals surface area (Å²) < 4.78 is 39.6. The quantitative estimate of drug-likeness (QED) is 0.0710. The van der Waals surface area contributed by atoms with Crippen molar-refractivity contribution in [3.63, 3.8) is 0 Å². The highest BCUT2D eigenvalue weighted by molar-refractivity contribution is 7.93. The lowest BCUT2D eigenvalue weighted by atomic mass is 9.99. The SMILES string of the molecule is COC(=O)CCC(=O)OCOC(=O)CCC(=O)OCCOc1c(C)cc(C)c(C(=O)P(=O)(c2ccccc2)c2ccccc2)c1C. The van der Waals surface area contributed by atoms with Gasteiger partial charge in [0.05, 0.1) is 32.8 Å². The van der Waals surface area contributed by atoms with E-state index in [2.05, 4.69) is 9.47 Å². The van der Waals surface area contributed by atoms with Crippen LogP contribution in [0.2, 0.25) is 0 Å². The van der Waals surface area contributed by atoms with E-state index in [0.29, 0.717) is 33.0 Å². The predicted octanol–water partition coefficient (Wildman–Crippen LogP) is 4.47. The number of hydrogen-bond acceptors (Lipinski definition) is 11. The average Bonchev–Trinajstić information content (AvgIpc) is 3.05. The molecule has 12 heteroatoms. The van der Waals surface area contributed by atoms with Crippen molar-refractivity contribution in [3.8, 4) is 5.75 Å². The molecule has 244 valence electrons. The number of ether oxygens (including phenoxy) is 5. The van der Waals surface area contributed by atoms with E-state index in [1.807, 2.05) is 6.92 Å². The molecule has 0 bridgehead atoms. The van der Waals surface area contributed by atoms with Gasteiger partial charge in [0.15, 0.2) is 0 Å². The fraction of sp³-hybridized carbons (Fsp3) is 0.324. The smallest absolute Gasteiger partial charge is 0.309 e. The van der Waals surface area contributed by atoms with Gasteiger partial charge in [0, 0.05) is 21.7 Å². The van der Waals surface area contributed by atoms with E-state index < -0.39 is 43.3 Å². The van der Waals surface area contributed by atoms with Crippen LogP contribution in [0.5, 0.6) is 5.75 Å². The molecule has 0 N–H and O–H groups in total. The molecule has 0 saturated carbocycles. The summed E-state index contributed by atoms with van der Waals surface area (Å²) in [6, 6.07) is 19.2. The first-order chi connectivity index (χ1) is 22.0. The van der Waals surface area contributed by atoms with Gasteiger partial charge in [-0.15, -0.1) is 0 Å². The number of carbonyl (C=O) groups excluding carboxylic acids is 5. The van der Waals surface area contributed by atoms with Gasteiger partial charge in [0.25, 0.3) is 0 Å². The van der Waals surface area contributed by atoms with Crippen LogP contribution in [0.1, 0.15) is 52.7 Å². The lowest BCUT2D eigenvalue weighted by Crippen LogP contribution is -2.24. The van der Waals surface area contributed by atoms with Crippen LogP contribution in [-0.4, -0.2) is 56.5 Å². The lowest BCUT2D eigenvalue weighted by molar-refractivity contribution is -0.169. The molecule has 0 unspecified atom stereocenters. The molecule has 0 heterocycles. The van der Waals surface area contributed by atoms with Gasteiger partial charge in [-0.1, -0.05) is 66.7 Å². The Labute approximate surface area is 267 Å². The maximum atomic E-state index is 14.7. The zero-order chi connectivity index (χ0) is 33.7. The Morgan fingerprint density at radius 3 is 1.61 bits per heavy atom. The summed E-state index contributed by atoms with van der Waals surface area (Å²) >= 11 is 0. The highest BCUT2D eigenvalue weighted by Crippen LogP contribution is 2.49. The highest BCUT2D eigenvalue weighted by atomic mass is 31.2. The summed E-state index contributed by atoms with van der Waals surface area (Å²) in [5.41, 5.74) is 1.74. The molecular weight excluding hydrogens is 615 g/mol. The van der Waals surface area contributed by atoms with E-state index >= 15 is 0 Å². The lowest BCUT2D eigenvalue weighted by Gasteiger charge is -2.22. The normalized spacial score (nSPS) is 10.9. The van der Waals surface area contributed by atoms with E-state index in [1.54, 1.807) is 80.6 Å². The fourth-order valence-corrected chi connectivity index (χ4v) is 7.33. The largest absolute Gasteiger partial charge is 0.489 e. The molecule has 0 aromatic heterocycles. The van der Waals surface area contributed by atoms with E-state index in [-0.39, 0.29) is 38.9 Å². The van der Waals surface area contributed by atoms with Gasteiger partial charge in [0.1, 0.15) is 19.0 Å². The number of rotatable bonds is 16. The molecule has 0 amide bonds. The summed E-state index contributed by atoms with van der Waals surface area (Å²) in [6.07, 6.45) is -0.958. The van der Waals surface area contributed by atoms with Crippen LogP contribution in [0.15, 0.2) is 66.7 Å². The van der Waals surface area contributed by atoms with Crippen molar-refractivity contribution in [2.75, 3.05) is 27.1 Å². The summed E-state index contributed by atoms with van der Waals surface area (Å²) in [4.78, 5) is 60.7. The molecule has 3 aromatic rings. The highest BCUT2D eigenvalue weighted by Gasteiger charge is 2.38. The molecular formula is C34H37O11P. The van der Waals surface area contributed by atoms with Crippen LogP contribution >= 0.6 is 7.14 Å². The summed E-state index contributed by atoms with van der Waals surface area (Å²) in [5.74, 6) is -2.34. The molecule has 46 heavy (non-hydrogen) atoms. The van der Waals surface area contributed by atoms with Crippen molar-refractivity contribution in [3.05, 3.63) is 89.0 Å². The minimum absolute atomic E-state index is 0.0366. The fourth-order valence-electron chi connectivity index (χ4n) is 4.72. The van der Waals surface area contributed by atoms with Crippen molar-refractivity contribution >= 4 is 47.2 Å². The maximum absolute atomic E-state index is 14.7. The number of benzene rings is 3. The topological polar surface area (TPSA) is 149 Å². The Bertz CT molecular complexity index is 1560. The molecule has 0 aliphatic rings. The second kappa shape index (κ2) is 17.1. The van der Waals surface area contributed by atoms with Crippen molar-refractivity contribution < 1.29 is 52.2 Å². The Hall–Kier alpha value is -4.76. The summed E-state index contributed by atoms with van der Waals surface area (Å²) in [7, 11) is -2.56. The van der Waals surface area contributed by atoms with Crippen LogP contribution in [0.25, 0.3) is 0 Å². The van der Waals surface area contributed by atoms with Crippen molar-refractivity contribution in [2.24, 2.45) is 0 Å². The van der Waals surface area contributed by atoms with E-state index in [1.165, 1.54) is 7.11 Å². The van der Waals surface area contributed by atoms with Gasteiger partial charge in [-0.05, 0) is 31.9 Å². The van der Waals surface area contributed by atoms with Crippen LogP contribution in [0.3, 0.4) is 0 Å². The van der Waals surface area contributed by atoms with Crippen molar-refractivity contribution in [2.45, 2.75) is 46.5 Å². The van der Waals surface area contributed by atoms with E-state index in [9.17, 15) is 28.5 Å². The van der Waals surface area contributed by atoms with E-state index in [0.717, 1.165) is 5.56 Å². The van der Waals surface area contributed by atoms with Gasteiger partial charge >= 0.3 is 23.9 Å². The average molecular weight is 653 g/mol. The van der Waals surface area contributed by atoms with Gasteiger partial charge in [-0.25, -0.2) is 0 Å². The number of esters is 4. The zero-order valence-electron chi connectivity index (χ0n) is 26.2. The van der Waals surface area contributed by atoms with Crippen molar-refractivity contribution in [1.82, 2.24) is 0 Å². The summed E-state index contributed by atoms with van der Waals surface area (Å²) in [6.45, 7) is 4.54. The molecule has 0 atom stereocenters. The molecule has 0 spiro atoms. The van der Waals surface area contributed by atoms with Gasteiger partial charge in [0.2, 0.25) is 19.5 Å². The van der Waals surface area contributed by atoms with Crippen LogP contribution < -0.4 is 15.3 Å². The molecule has 0 radical (unpaired) electrons. The molecule has 3 aromatic carbocycles.